The number of furan rings is 1. The first-order valence-corrected chi connectivity index (χ1v) is 4.43. The molecule has 2 heteroatoms. The van der Waals surface area contributed by atoms with Crippen LogP contribution in [0.1, 0.15) is 19.6 Å². The second-order valence-electron chi connectivity index (χ2n) is 3.42. The minimum absolute atomic E-state index is 0.510. The number of hydrogen-bond donors (Lipinski definition) is 1. The highest BCUT2D eigenvalue weighted by molar-refractivity contribution is 5.00. The maximum absolute atomic E-state index is 5.28. The molecule has 0 aliphatic carbocycles. The molecular formula is C10H17NO. The Balaban J connectivity index is 2.48. The smallest absolute Gasteiger partial charge is 0.105 e. The lowest BCUT2D eigenvalue weighted by Crippen LogP contribution is -2.32. The van der Waals surface area contributed by atoms with Crippen molar-refractivity contribution in [1.82, 2.24) is 5.32 Å². The van der Waals surface area contributed by atoms with Crippen molar-refractivity contribution >= 4 is 0 Å². The molecule has 0 spiro atoms. The summed E-state index contributed by atoms with van der Waals surface area (Å²) in [5, 5.41) is 3.28. The van der Waals surface area contributed by atoms with E-state index in [-0.39, 0.29) is 0 Å². The van der Waals surface area contributed by atoms with Crippen LogP contribution in [0.4, 0.5) is 0 Å². The van der Waals surface area contributed by atoms with Crippen molar-refractivity contribution in [3.8, 4) is 0 Å². The lowest BCUT2D eigenvalue weighted by Gasteiger charge is -2.18. The van der Waals surface area contributed by atoms with E-state index in [1.54, 1.807) is 6.26 Å². The van der Waals surface area contributed by atoms with Crippen LogP contribution in [0.3, 0.4) is 0 Å². The molecule has 0 fully saturated rings. The summed E-state index contributed by atoms with van der Waals surface area (Å²) in [5.41, 5.74) is 0. The van der Waals surface area contributed by atoms with Crippen molar-refractivity contribution in [3.05, 3.63) is 24.2 Å². The quantitative estimate of drug-likeness (QED) is 0.742. The van der Waals surface area contributed by atoms with Gasteiger partial charge in [0.25, 0.3) is 0 Å². The summed E-state index contributed by atoms with van der Waals surface area (Å²) in [6, 6.07) is 4.46. The second kappa shape index (κ2) is 4.31. The Bertz CT molecular complexity index is 204. The van der Waals surface area contributed by atoms with E-state index in [1.165, 1.54) is 0 Å². The molecule has 1 aromatic rings. The number of rotatable bonds is 4. The predicted octanol–water partition coefficient (Wildman–Crippen LogP) is 2.07. The summed E-state index contributed by atoms with van der Waals surface area (Å²) >= 11 is 0. The Labute approximate surface area is 74.0 Å². The zero-order valence-corrected chi connectivity index (χ0v) is 8.00. The third-order valence-electron chi connectivity index (χ3n) is 2.18. The van der Waals surface area contributed by atoms with Crippen molar-refractivity contribution in [2.24, 2.45) is 5.92 Å². The minimum atomic E-state index is 0.510. The maximum Gasteiger partial charge on any atom is 0.105 e. The Morgan fingerprint density at radius 2 is 2.25 bits per heavy atom. The van der Waals surface area contributed by atoms with Crippen LogP contribution in [-0.2, 0) is 6.42 Å². The largest absolute Gasteiger partial charge is 0.469 e. The predicted molar refractivity (Wildman–Crippen MR) is 50.1 cm³/mol. The third kappa shape index (κ3) is 2.38. The summed E-state index contributed by atoms with van der Waals surface area (Å²) in [6.07, 6.45) is 2.70. The van der Waals surface area contributed by atoms with Crippen molar-refractivity contribution in [3.63, 3.8) is 0 Å². The average Bonchev–Trinajstić information content (AvgIpc) is 2.51. The van der Waals surface area contributed by atoms with E-state index in [0.29, 0.717) is 12.0 Å². The van der Waals surface area contributed by atoms with Gasteiger partial charge in [0.1, 0.15) is 5.76 Å². The van der Waals surface area contributed by atoms with Gasteiger partial charge in [0.05, 0.1) is 6.26 Å². The zero-order valence-electron chi connectivity index (χ0n) is 8.00. The van der Waals surface area contributed by atoms with Crippen molar-refractivity contribution < 1.29 is 4.42 Å². The molecule has 0 radical (unpaired) electrons. The van der Waals surface area contributed by atoms with E-state index < -0.39 is 0 Å². The molecule has 0 bridgehead atoms. The van der Waals surface area contributed by atoms with Crippen LogP contribution in [-0.4, -0.2) is 13.1 Å². The molecule has 1 N–H and O–H groups in total. The first-order valence-electron chi connectivity index (χ1n) is 4.43. The Morgan fingerprint density at radius 3 is 2.67 bits per heavy atom. The summed E-state index contributed by atoms with van der Waals surface area (Å²) in [6.45, 7) is 4.42. The molecule has 1 rings (SSSR count). The third-order valence-corrected chi connectivity index (χ3v) is 2.18. The monoisotopic (exact) mass is 167 g/mol. The molecular weight excluding hydrogens is 150 g/mol. The van der Waals surface area contributed by atoms with Crippen LogP contribution >= 0.6 is 0 Å². The number of likely N-dealkylation sites (N-methyl/N-ethyl adjacent to an activating group) is 1. The van der Waals surface area contributed by atoms with E-state index in [0.717, 1.165) is 12.2 Å². The van der Waals surface area contributed by atoms with E-state index >= 15 is 0 Å². The van der Waals surface area contributed by atoms with Crippen LogP contribution in [0, 0.1) is 5.92 Å². The lowest BCUT2D eigenvalue weighted by atomic mass is 10.0. The molecule has 1 heterocycles. The molecule has 0 saturated heterocycles. The molecule has 1 aromatic heterocycles. The first-order chi connectivity index (χ1) is 5.74. The summed E-state index contributed by atoms with van der Waals surface area (Å²) < 4.78 is 5.28. The lowest BCUT2D eigenvalue weighted by molar-refractivity contribution is 0.387. The first kappa shape index (κ1) is 9.33. The highest BCUT2D eigenvalue weighted by Crippen LogP contribution is 2.09. The van der Waals surface area contributed by atoms with E-state index in [9.17, 15) is 0 Å². The molecule has 0 amide bonds. The van der Waals surface area contributed by atoms with E-state index in [4.69, 9.17) is 4.42 Å². The van der Waals surface area contributed by atoms with Gasteiger partial charge >= 0.3 is 0 Å². The normalized spacial score (nSPS) is 13.7. The van der Waals surface area contributed by atoms with Gasteiger partial charge in [-0.3, -0.25) is 0 Å². The molecule has 12 heavy (non-hydrogen) atoms. The molecule has 0 aliphatic rings. The molecule has 0 saturated carbocycles. The van der Waals surface area contributed by atoms with Crippen LogP contribution in [0.2, 0.25) is 0 Å². The zero-order chi connectivity index (χ0) is 8.97. The molecule has 68 valence electrons. The Hall–Kier alpha value is -0.760. The minimum Gasteiger partial charge on any atom is -0.469 e. The summed E-state index contributed by atoms with van der Waals surface area (Å²) in [7, 11) is 1.99. The number of nitrogens with one attached hydrogen (secondary N) is 1. The molecule has 1 atom stereocenters. The van der Waals surface area contributed by atoms with Gasteiger partial charge in [0.2, 0.25) is 0 Å². The van der Waals surface area contributed by atoms with Gasteiger partial charge in [0, 0.05) is 12.5 Å². The fourth-order valence-corrected chi connectivity index (χ4v) is 1.32. The summed E-state index contributed by atoms with van der Waals surface area (Å²) in [4.78, 5) is 0. The fraction of sp³-hybridized carbons (Fsp3) is 0.600. The van der Waals surface area contributed by atoms with Gasteiger partial charge in [-0.25, -0.2) is 0 Å². The van der Waals surface area contributed by atoms with Gasteiger partial charge in [-0.05, 0) is 25.1 Å². The SMILES string of the molecule is CNC(Cc1ccco1)C(C)C. The number of hydrogen-bond acceptors (Lipinski definition) is 2. The fourth-order valence-electron chi connectivity index (χ4n) is 1.32. The molecule has 0 aromatic carbocycles. The van der Waals surface area contributed by atoms with Gasteiger partial charge in [-0.2, -0.15) is 0 Å². The Kier molecular flexibility index (Phi) is 3.35. The standard InChI is InChI=1S/C10H17NO/c1-8(2)10(11-3)7-9-5-4-6-12-9/h4-6,8,10-11H,7H2,1-3H3. The van der Waals surface area contributed by atoms with Crippen LogP contribution in [0.5, 0.6) is 0 Å². The highest BCUT2D eigenvalue weighted by atomic mass is 16.3. The van der Waals surface area contributed by atoms with E-state index in [2.05, 4.69) is 19.2 Å². The Morgan fingerprint density at radius 1 is 1.50 bits per heavy atom. The average molecular weight is 167 g/mol. The van der Waals surface area contributed by atoms with Gasteiger partial charge in [0.15, 0.2) is 0 Å². The van der Waals surface area contributed by atoms with Gasteiger partial charge in [-0.15, -0.1) is 0 Å². The van der Waals surface area contributed by atoms with Gasteiger partial charge in [-0.1, -0.05) is 13.8 Å². The molecule has 1 unspecified atom stereocenters. The van der Waals surface area contributed by atoms with Crippen LogP contribution in [0.25, 0.3) is 0 Å². The van der Waals surface area contributed by atoms with Crippen LogP contribution in [0.15, 0.2) is 22.8 Å². The highest BCUT2D eigenvalue weighted by Gasteiger charge is 2.12. The van der Waals surface area contributed by atoms with Crippen molar-refractivity contribution in [1.29, 1.82) is 0 Å². The molecule has 0 aliphatic heterocycles. The summed E-state index contributed by atoms with van der Waals surface area (Å²) in [5.74, 6) is 1.70. The van der Waals surface area contributed by atoms with E-state index in [1.807, 2.05) is 19.2 Å². The topological polar surface area (TPSA) is 25.2 Å². The van der Waals surface area contributed by atoms with Crippen molar-refractivity contribution in [2.75, 3.05) is 7.05 Å². The molecule has 2 nitrogen and oxygen atoms in total. The maximum atomic E-state index is 5.28. The second-order valence-corrected chi connectivity index (χ2v) is 3.42. The van der Waals surface area contributed by atoms with Crippen molar-refractivity contribution in [2.45, 2.75) is 26.3 Å². The van der Waals surface area contributed by atoms with Crippen LogP contribution < -0.4 is 5.32 Å². The van der Waals surface area contributed by atoms with Gasteiger partial charge < -0.3 is 9.73 Å².